The summed E-state index contributed by atoms with van der Waals surface area (Å²) >= 11 is 0. The molecule has 1 aromatic rings. The molecule has 0 aliphatic carbocycles. The normalized spacial score (nSPS) is 10.0. The van der Waals surface area contributed by atoms with Gasteiger partial charge in [-0.05, 0) is 12.1 Å². The first kappa shape index (κ1) is 13.5. The second kappa shape index (κ2) is 9.06. The monoisotopic (exact) mass is 287 g/mol. The summed E-state index contributed by atoms with van der Waals surface area (Å²) in [6.45, 7) is 0.178. The van der Waals surface area contributed by atoms with Gasteiger partial charge >= 0.3 is 41.4 Å². The Balaban J connectivity index is 0.000000310. The molecule has 0 bridgehead atoms. The number of aliphatic hydroxyl groups excluding tert-OH is 1. The Bertz CT molecular complexity index is 207. The second-order valence-electron chi connectivity index (χ2n) is 1.94. The number of rotatable bonds is 2. The van der Waals surface area contributed by atoms with Crippen molar-refractivity contribution in [2.75, 3.05) is 6.61 Å². The fourth-order valence-electron chi connectivity index (χ4n) is 0.661. The Kier molecular flexibility index (Phi) is 9.40. The van der Waals surface area contributed by atoms with Crippen LogP contribution in [0.3, 0.4) is 0 Å². The molecule has 0 aromatic carbocycles. The first-order valence-corrected chi connectivity index (χ1v) is 7.62. The van der Waals surface area contributed by atoms with Crippen LogP contribution >= 0.6 is 30.4 Å². The average molecular weight is 288 g/mol. The van der Waals surface area contributed by atoms with Gasteiger partial charge < -0.3 is 5.11 Å². The molecule has 2 nitrogen and oxygen atoms in total. The van der Waals surface area contributed by atoms with Crippen LogP contribution in [-0.2, 0) is 17.4 Å². The van der Waals surface area contributed by atoms with Gasteiger partial charge in [0.2, 0.25) is 0 Å². The van der Waals surface area contributed by atoms with Gasteiger partial charge in [-0.2, -0.15) is 0 Å². The molecule has 13 heavy (non-hydrogen) atoms. The van der Waals surface area contributed by atoms with E-state index in [2.05, 4.69) is 4.98 Å². The topological polar surface area (TPSA) is 33.1 Å². The van der Waals surface area contributed by atoms with E-state index < -0.39 is 10.9 Å². The van der Waals surface area contributed by atoms with Crippen molar-refractivity contribution in [2.24, 2.45) is 0 Å². The summed E-state index contributed by atoms with van der Waals surface area (Å²) in [5.74, 6) is 0. The van der Waals surface area contributed by atoms with Crippen molar-refractivity contribution in [3.05, 3.63) is 30.1 Å². The summed E-state index contributed by atoms with van der Waals surface area (Å²) < 4.78 is 0. The van der Waals surface area contributed by atoms with Gasteiger partial charge in [0.25, 0.3) is 0 Å². The minimum atomic E-state index is -1.19. The van der Waals surface area contributed by atoms with Gasteiger partial charge in [0.05, 0.1) is 0 Å². The number of hydrogen-bond acceptors (Lipinski definition) is 2. The molecule has 1 N–H and O–H groups in total. The van der Waals surface area contributed by atoms with Gasteiger partial charge in [-0.25, -0.2) is 0 Å². The molecular weight excluding hydrogens is 279 g/mol. The van der Waals surface area contributed by atoms with Crippen molar-refractivity contribution in [3.8, 4) is 0 Å². The van der Waals surface area contributed by atoms with E-state index in [0.29, 0.717) is 6.42 Å². The number of nitrogens with zero attached hydrogens (tertiary/aromatic N) is 1. The van der Waals surface area contributed by atoms with Crippen LogP contribution in [0.4, 0.5) is 0 Å². The molecule has 0 fully saturated rings. The summed E-state index contributed by atoms with van der Waals surface area (Å²) in [6.07, 6.45) is 2.38. The van der Waals surface area contributed by atoms with E-state index in [1.54, 1.807) is 6.20 Å². The zero-order chi connectivity index (χ0) is 10.1. The predicted molar refractivity (Wildman–Crippen MR) is 52.6 cm³/mol. The summed E-state index contributed by atoms with van der Waals surface area (Å²) in [5, 5.41) is 8.48. The Labute approximate surface area is 94.3 Å². The molecule has 0 saturated heterocycles. The van der Waals surface area contributed by atoms with E-state index in [1.165, 1.54) is 0 Å². The molecule has 0 saturated carbocycles. The van der Waals surface area contributed by atoms with E-state index in [9.17, 15) is 0 Å². The number of pyridine rings is 1. The van der Waals surface area contributed by atoms with Crippen LogP contribution < -0.4 is 0 Å². The maximum absolute atomic E-state index is 8.48. The van der Waals surface area contributed by atoms with Crippen LogP contribution in [-0.4, -0.2) is 16.7 Å². The summed E-state index contributed by atoms with van der Waals surface area (Å²) in [6, 6.07) is 5.68. The molecule has 1 rings (SSSR count). The molecule has 78 valence electrons. The Morgan fingerprint density at radius 1 is 1.31 bits per heavy atom. The van der Waals surface area contributed by atoms with Crippen LogP contribution in [0.25, 0.3) is 0 Å². The van der Waals surface area contributed by atoms with E-state index in [0.717, 1.165) is 5.69 Å². The van der Waals surface area contributed by atoms with Gasteiger partial charge in [0, 0.05) is 24.9 Å². The fourth-order valence-corrected chi connectivity index (χ4v) is 0.661. The molecule has 0 radical (unpaired) electrons. The Hall–Kier alpha value is 0.486. The standard InChI is InChI=1S/C7H9NO.3ClH.Co/c9-6-4-7-3-1-2-5-8-7;;;;/h1-3,5,9H,4,6H2;3*1H;/q;;;;+3/p-3. The van der Waals surface area contributed by atoms with Crippen LogP contribution in [0.1, 0.15) is 5.69 Å². The average Bonchev–Trinajstić information content (AvgIpc) is 2.06. The van der Waals surface area contributed by atoms with Crippen LogP contribution in [0.15, 0.2) is 24.4 Å². The van der Waals surface area contributed by atoms with Crippen molar-refractivity contribution in [3.63, 3.8) is 0 Å². The van der Waals surface area contributed by atoms with Gasteiger partial charge in [-0.1, -0.05) is 6.07 Å². The summed E-state index contributed by atoms with van der Waals surface area (Å²) in [5.41, 5.74) is 0.944. The van der Waals surface area contributed by atoms with Crippen molar-refractivity contribution >= 4 is 30.4 Å². The van der Waals surface area contributed by atoms with Crippen LogP contribution in [0.2, 0.25) is 0 Å². The van der Waals surface area contributed by atoms with Gasteiger partial charge in [0.15, 0.2) is 0 Å². The molecule has 0 atom stereocenters. The predicted octanol–water partition coefficient (Wildman–Crippen LogP) is 2.68. The molecule has 0 amide bonds. The van der Waals surface area contributed by atoms with Crippen molar-refractivity contribution in [2.45, 2.75) is 6.42 Å². The Morgan fingerprint density at radius 3 is 2.31 bits per heavy atom. The molecule has 0 aliphatic rings. The quantitative estimate of drug-likeness (QED) is 0.907. The third-order valence-electron chi connectivity index (χ3n) is 1.09. The Morgan fingerprint density at radius 2 is 1.92 bits per heavy atom. The zero-order valence-corrected chi connectivity index (χ0v) is 9.89. The fraction of sp³-hybridized carbons (Fsp3) is 0.286. The first-order chi connectivity index (χ1) is 6.16. The maximum atomic E-state index is 8.48. The first-order valence-electron chi connectivity index (χ1n) is 3.32. The van der Waals surface area contributed by atoms with Gasteiger partial charge in [-0.3, -0.25) is 4.98 Å². The van der Waals surface area contributed by atoms with Gasteiger partial charge in [-0.15, -0.1) is 0 Å². The number of aliphatic hydroxyl groups is 1. The number of halogens is 3. The van der Waals surface area contributed by atoms with Gasteiger partial charge in [0.1, 0.15) is 0 Å². The van der Waals surface area contributed by atoms with E-state index in [-0.39, 0.29) is 6.61 Å². The molecule has 1 aromatic heterocycles. The minimum absolute atomic E-state index is 0.178. The van der Waals surface area contributed by atoms with Crippen LogP contribution in [0, 0.1) is 0 Å². The molecule has 0 unspecified atom stereocenters. The summed E-state index contributed by atoms with van der Waals surface area (Å²) in [7, 11) is 13.4. The molecule has 0 aliphatic heterocycles. The van der Waals surface area contributed by atoms with E-state index in [1.807, 2.05) is 18.2 Å². The van der Waals surface area contributed by atoms with E-state index >= 15 is 0 Å². The van der Waals surface area contributed by atoms with E-state index in [4.69, 9.17) is 35.5 Å². The zero-order valence-electron chi connectivity index (χ0n) is 6.59. The molecule has 0 spiro atoms. The molecule has 1 heterocycles. The third-order valence-corrected chi connectivity index (χ3v) is 1.09. The molecular formula is C7H9Cl3CoNO. The van der Waals surface area contributed by atoms with Crippen molar-refractivity contribution in [1.82, 2.24) is 4.98 Å². The molecule has 6 heteroatoms. The van der Waals surface area contributed by atoms with Crippen LogP contribution in [0.5, 0.6) is 0 Å². The second-order valence-corrected chi connectivity index (χ2v) is 7.10. The number of aromatic nitrogens is 1. The third kappa shape index (κ3) is 10.4. The number of hydrogen-bond donors (Lipinski definition) is 1. The SMILES string of the molecule is OCCc1ccccn1.[Cl][Co]([Cl])[Cl]. The summed E-state index contributed by atoms with van der Waals surface area (Å²) in [4.78, 5) is 4.01. The van der Waals surface area contributed by atoms with Crippen molar-refractivity contribution in [1.29, 1.82) is 0 Å². The van der Waals surface area contributed by atoms with Crippen molar-refractivity contribution < 1.29 is 16.1 Å².